The number of aromatic carboxylic acids is 1. The first-order valence-corrected chi connectivity index (χ1v) is 7.94. The van der Waals surface area contributed by atoms with Gasteiger partial charge in [0.15, 0.2) is 0 Å². The maximum atomic E-state index is 10.7. The van der Waals surface area contributed by atoms with E-state index in [0.29, 0.717) is 5.69 Å². The smallest absolute Gasteiger partial charge is 0.335 e. The lowest BCUT2D eigenvalue weighted by molar-refractivity contribution is 0.0697. The van der Waals surface area contributed by atoms with Gasteiger partial charge in [-0.2, -0.15) is 10.2 Å². The topological polar surface area (TPSA) is 78.2 Å². The van der Waals surface area contributed by atoms with Crippen molar-refractivity contribution in [2.24, 2.45) is 10.2 Å². The Balaban J connectivity index is 0.000000342. The van der Waals surface area contributed by atoms with Crippen molar-refractivity contribution in [2.75, 3.05) is 19.0 Å². The highest BCUT2D eigenvalue weighted by Gasteiger charge is 2.01. The van der Waals surface area contributed by atoms with Crippen LogP contribution in [-0.4, -0.2) is 30.2 Å². The number of nitrogens with zero attached hydrogens (tertiary/aromatic N) is 4. The lowest BCUT2D eigenvalue weighted by atomic mass is 10.2. The second kappa shape index (κ2) is 9.68. The van der Waals surface area contributed by atoms with Crippen LogP contribution in [0.3, 0.4) is 0 Å². The van der Waals surface area contributed by atoms with Crippen LogP contribution in [0, 0.1) is 0 Å². The standard InChI is InChI=1S/C15H15N3O2.C5H5N/c1-18(2)14-9-7-13(8-10-14)17-16-12-5-3-11(4-6-12)15(19)20;1-2-4-6-5-3-1/h3-10H,1-2H3,(H,19,20);1-5H. The number of azo groups is 1. The molecule has 3 rings (SSSR count). The minimum absolute atomic E-state index is 0.235. The summed E-state index contributed by atoms with van der Waals surface area (Å²) < 4.78 is 0. The van der Waals surface area contributed by atoms with Crippen molar-refractivity contribution in [2.45, 2.75) is 0 Å². The molecule has 6 nitrogen and oxygen atoms in total. The third-order valence-corrected chi connectivity index (χ3v) is 3.33. The molecule has 0 atom stereocenters. The number of carboxylic acid groups (broad SMARTS) is 1. The third kappa shape index (κ3) is 6.16. The number of hydrogen-bond donors (Lipinski definition) is 1. The summed E-state index contributed by atoms with van der Waals surface area (Å²) in [6.45, 7) is 0. The summed E-state index contributed by atoms with van der Waals surface area (Å²) in [7, 11) is 3.95. The number of aromatic nitrogens is 1. The van der Waals surface area contributed by atoms with Gasteiger partial charge in [-0.25, -0.2) is 4.79 Å². The van der Waals surface area contributed by atoms with Gasteiger partial charge in [0.25, 0.3) is 0 Å². The van der Waals surface area contributed by atoms with Gasteiger partial charge >= 0.3 is 5.97 Å². The van der Waals surface area contributed by atoms with E-state index < -0.39 is 5.97 Å². The monoisotopic (exact) mass is 348 g/mol. The molecule has 132 valence electrons. The number of rotatable bonds is 4. The normalized spacial score (nSPS) is 10.1. The van der Waals surface area contributed by atoms with E-state index in [9.17, 15) is 4.79 Å². The van der Waals surface area contributed by atoms with Crippen LogP contribution in [0.25, 0.3) is 0 Å². The van der Waals surface area contributed by atoms with Crippen molar-refractivity contribution in [3.05, 3.63) is 84.7 Å². The molecule has 0 spiro atoms. The zero-order valence-electron chi connectivity index (χ0n) is 14.6. The average molecular weight is 348 g/mol. The van der Waals surface area contributed by atoms with Crippen molar-refractivity contribution in [3.8, 4) is 0 Å². The van der Waals surface area contributed by atoms with Gasteiger partial charge in [0.05, 0.1) is 16.9 Å². The van der Waals surface area contributed by atoms with Gasteiger partial charge in [0.1, 0.15) is 0 Å². The first-order chi connectivity index (χ1) is 12.6. The Kier molecular flexibility index (Phi) is 7.00. The predicted octanol–water partition coefficient (Wildman–Crippen LogP) is 4.95. The molecule has 0 aliphatic heterocycles. The van der Waals surface area contributed by atoms with E-state index >= 15 is 0 Å². The molecule has 0 saturated carbocycles. The molecule has 1 aromatic heterocycles. The fourth-order valence-corrected chi connectivity index (χ4v) is 1.92. The van der Waals surface area contributed by atoms with Crippen molar-refractivity contribution < 1.29 is 9.90 Å². The van der Waals surface area contributed by atoms with Crippen LogP contribution in [0.4, 0.5) is 17.1 Å². The largest absolute Gasteiger partial charge is 0.478 e. The molecule has 0 aliphatic carbocycles. The molecule has 0 fully saturated rings. The average Bonchev–Trinajstić information content (AvgIpc) is 2.69. The Morgan fingerprint density at radius 2 is 1.35 bits per heavy atom. The first kappa shape index (κ1) is 18.8. The molecule has 6 heteroatoms. The SMILES string of the molecule is CN(C)c1ccc(N=Nc2ccc(C(=O)O)cc2)cc1.c1ccncc1. The highest BCUT2D eigenvalue weighted by Crippen LogP contribution is 2.21. The molecule has 0 saturated heterocycles. The highest BCUT2D eigenvalue weighted by molar-refractivity contribution is 5.87. The van der Waals surface area contributed by atoms with Crippen LogP contribution in [0.15, 0.2) is 89.4 Å². The third-order valence-electron chi connectivity index (χ3n) is 3.33. The van der Waals surface area contributed by atoms with Gasteiger partial charge < -0.3 is 10.0 Å². The molecule has 1 heterocycles. The summed E-state index contributed by atoms with van der Waals surface area (Å²) in [5.74, 6) is -0.951. The van der Waals surface area contributed by atoms with Gasteiger partial charge in [-0.05, 0) is 60.7 Å². The molecule has 0 aliphatic rings. The van der Waals surface area contributed by atoms with Crippen LogP contribution in [0.1, 0.15) is 10.4 Å². The van der Waals surface area contributed by atoms with Crippen LogP contribution >= 0.6 is 0 Å². The molecule has 0 radical (unpaired) electrons. The molecular formula is C20H20N4O2. The lowest BCUT2D eigenvalue weighted by Crippen LogP contribution is -2.07. The molecule has 1 N–H and O–H groups in total. The Morgan fingerprint density at radius 3 is 1.69 bits per heavy atom. The van der Waals surface area contributed by atoms with Gasteiger partial charge in [-0.1, -0.05) is 6.07 Å². The Morgan fingerprint density at radius 1 is 0.846 bits per heavy atom. The van der Waals surface area contributed by atoms with Gasteiger partial charge in [-0.15, -0.1) is 0 Å². The fraction of sp³-hybridized carbons (Fsp3) is 0.100. The Bertz CT molecular complexity index is 803. The van der Waals surface area contributed by atoms with Crippen molar-refractivity contribution in [3.63, 3.8) is 0 Å². The van der Waals surface area contributed by atoms with E-state index in [1.807, 2.05) is 61.5 Å². The summed E-state index contributed by atoms with van der Waals surface area (Å²) in [5.41, 5.74) is 2.69. The first-order valence-electron chi connectivity index (χ1n) is 7.94. The second-order valence-electron chi connectivity index (χ2n) is 5.49. The van der Waals surface area contributed by atoms with Crippen molar-refractivity contribution in [1.29, 1.82) is 0 Å². The zero-order chi connectivity index (χ0) is 18.8. The van der Waals surface area contributed by atoms with Gasteiger partial charge in [-0.3, -0.25) is 4.98 Å². The van der Waals surface area contributed by atoms with Gasteiger partial charge in [0.2, 0.25) is 0 Å². The van der Waals surface area contributed by atoms with E-state index in [1.165, 1.54) is 12.1 Å². The maximum absolute atomic E-state index is 10.7. The molecule has 26 heavy (non-hydrogen) atoms. The minimum atomic E-state index is -0.951. The van der Waals surface area contributed by atoms with E-state index in [2.05, 4.69) is 15.2 Å². The minimum Gasteiger partial charge on any atom is -0.478 e. The van der Waals surface area contributed by atoms with Crippen LogP contribution in [-0.2, 0) is 0 Å². The molecule has 0 bridgehead atoms. The van der Waals surface area contributed by atoms with E-state index in [0.717, 1.165) is 11.4 Å². The van der Waals surface area contributed by atoms with E-state index in [4.69, 9.17) is 5.11 Å². The van der Waals surface area contributed by atoms with E-state index in [-0.39, 0.29) is 5.56 Å². The highest BCUT2D eigenvalue weighted by atomic mass is 16.4. The molecule has 0 unspecified atom stereocenters. The molecule has 3 aromatic rings. The molecule has 0 amide bonds. The lowest BCUT2D eigenvalue weighted by Gasteiger charge is -2.11. The number of carbonyl (C=O) groups is 1. The van der Waals surface area contributed by atoms with Gasteiger partial charge in [0, 0.05) is 32.2 Å². The summed E-state index contributed by atoms with van der Waals surface area (Å²) in [5, 5.41) is 17.0. The van der Waals surface area contributed by atoms with Crippen LogP contribution in [0.2, 0.25) is 0 Å². The van der Waals surface area contributed by atoms with E-state index in [1.54, 1.807) is 24.5 Å². The summed E-state index contributed by atoms with van der Waals surface area (Å²) >= 11 is 0. The maximum Gasteiger partial charge on any atom is 0.335 e. The summed E-state index contributed by atoms with van der Waals surface area (Å²) in [6.07, 6.45) is 3.50. The van der Waals surface area contributed by atoms with Crippen molar-refractivity contribution >= 4 is 23.0 Å². The zero-order valence-corrected chi connectivity index (χ0v) is 14.6. The fourth-order valence-electron chi connectivity index (χ4n) is 1.92. The number of benzene rings is 2. The predicted molar refractivity (Wildman–Crippen MR) is 103 cm³/mol. The number of carboxylic acids is 1. The second-order valence-corrected chi connectivity index (χ2v) is 5.49. The molecule has 2 aromatic carbocycles. The quantitative estimate of drug-likeness (QED) is 0.677. The summed E-state index contributed by atoms with van der Waals surface area (Å²) in [4.78, 5) is 16.5. The van der Waals surface area contributed by atoms with Crippen LogP contribution < -0.4 is 4.90 Å². The number of anilines is 1. The number of pyridine rings is 1. The summed E-state index contributed by atoms with van der Waals surface area (Å²) in [6, 6.07) is 19.7. The Labute approximate surface area is 152 Å². The Hall–Kier alpha value is -3.54. The molecular weight excluding hydrogens is 328 g/mol. The van der Waals surface area contributed by atoms with Crippen LogP contribution in [0.5, 0.6) is 0 Å². The van der Waals surface area contributed by atoms with Crippen molar-refractivity contribution in [1.82, 2.24) is 4.98 Å². The number of hydrogen-bond acceptors (Lipinski definition) is 5.